The second-order valence-corrected chi connectivity index (χ2v) is 24.5. The fourth-order valence-electron chi connectivity index (χ4n) is 2.33. The molecule has 0 unspecified atom stereocenters. The molecule has 0 aromatic carbocycles. The van der Waals surface area contributed by atoms with Gasteiger partial charge < -0.3 is 12.3 Å². The summed E-state index contributed by atoms with van der Waals surface area (Å²) in [6, 6.07) is 1.17. The highest BCUT2D eigenvalue weighted by Gasteiger charge is 2.46. The Hall–Kier alpha value is 0.748. The van der Waals surface area contributed by atoms with Gasteiger partial charge in [-0.3, -0.25) is 0 Å². The summed E-state index contributed by atoms with van der Waals surface area (Å²) in [6.45, 7) is 22.2. The van der Waals surface area contributed by atoms with Gasteiger partial charge in [-0.15, -0.1) is 0 Å². The fourth-order valence-corrected chi connectivity index (χ4v) is 18.5. The minimum absolute atomic E-state index is 1.17. The lowest BCUT2D eigenvalue weighted by Crippen LogP contribution is -2.59. The van der Waals surface area contributed by atoms with Gasteiger partial charge in [-0.1, -0.05) is 13.3 Å². The average molecular weight is 339 g/mol. The SMILES string of the molecule is CCC[Si](C)(C)O[Si](C)(O[Si](C)(C)C)O[Si](C)(C)C. The highest BCUT2D eigenvalue weighted by atomic mass is 28.5. The summed E-state index contributed by atoms with van der Waals surface area (Å²) in [5.41, 5.74) is 0. The Morgan fingerprint density at radius 2 is 1.00 bits per heavy atom. The summed E-state index contributed by atoms with van der Waals surface area (Å²) in [7, 11) is -7.51. The van der Waals surface area contributed by atoms with Crippen LogP contribution in [-0.4, -0.2) is 33.8 Å². The minimum Gasteiger partial charge on any atom is -0.417 e. The van der Waals surface area contributed by atoms with E-state index in [1.54, 1.807) is 0 Å². The zero-order valence-corrected chi connectivity index (χ0v) is 18.6. The van der Waals surface area contributed by atoms with E-state index in [1.807, 2.05) is 0 Å². The smallest absolute Gasteiger partial charge is 0.417 e. The molecule has 0 N–H and O–H groups in total. The Balaban J connectivity index is 5.06. The average Bonchev–Trinajstić information content (AvgIpc) is 1.90. The van der Waals surface area contributed by atoms with Crippen LogP contribution in [0.1, 0.15) is 13.3 Å². The maximum absolute atomic E-state index is 6.52. The molecule has 0 rings (SSSR count). The topological polar surface area (TPSA) is 27.7 Å². The van der Waals surface area contributed by atoms with Crippen molar-refractivity contribution < 1.29 is 12.3 Å². The molecule has 0 bridgehead atoms. The van der Waals surface area contributed by atoms with E-state index in [1.165, 1.54) is 12.5 Å². The maximum Gasteiger partial charge on any atom is 0.466 e. The fraction of sp³-hybridized carbons (Fsp3) is 1.00. The van der Waals surface area contributed by atoms with Crippen molar-refractivity contribution >= 4 is 33.8 Å². The van der Waals surface area contributed by atoms with E-state index < -0.39 is 33.8 Å². The Morgan fingerprint density at radius 1 is 0.632 bits per heavy atom. The van der Waals surface area contributed by atoms with E-state index in [0.717, 1.165) is 0 Å². The van der Waals surface area contributed by atoms with Gasteiger partial charge in [-0.05, 0) is 58.4 Å². The Bertz CT molecular complexity index is 266. The molecule has 19 heavy (non-hydrogen) atoms. The second-order valence-electron chi connectivity index (χ2n) is 7.90. The Kier molecular flexibility index (Phi) is 6.94. The predicted molar refractivity (Wildman–Crippen MR) is 94.1 cm³/mol. The lowest BCUT2D eigenvalue weighted by atomic mass is 10.6. The highest BCUT2D eigenvalue weighted by molar-refractivity contribution is 6.89. The molecule has 0 radical (unpaired) electrons. The lowest BCUT2D eigenvalue weighted by molar-refractivity contribution is 0.261. The van der Waals surface area contributed by atoms with Crippen LogP contribution in [-0.2, 0) is 12.3 Å². The Morgan fingerprint density at radius 3 is 1.26 bits per heavy atom. The molecule has 0 aromatic rings. The summed E-state index contributed by atoms with van der Waals surface area (Å²) < 4.78 is 19.3. The van der Waals surface area contributed by atoms with Crippen molar-refractivity contribution in [3.8, 4) is 0 Å². The van der Waals surface area contributed by atoms with Crippen molar-refractivity contribution in [3.63, 3.8) is 0 Å². The van der Waals surface area contributed by atoms with Crippen LogP contribution in [0.25, 0.3) is 0 Å². The van der Waals surface area contributed by atoms with Crippen molar-refractivity contribution in [1.29, 1.82) is 0 Å². The first-order valence-electron chi connectivity index (χ1n) is 7.29. The molecule has 3 nitrogen and oxygen atoms in total. The van der Waals surface area contributed by atoms with Crippen LogP contribution in [0.2, 0.25) is 65.0 Å². The van der Waals surface area contributed by atoms with Crippen molar-refractivity contribution in [1.82, 2.24) is 0 Å². The molecule has 0 saturated heterocycles. The molecule has 0 aliphatic rings. The molecule has 0 aliphatic carbocycles. The van der Waals surface area contributed by atoms with Crippen molar-refractivity contribution in [2.45, 2.75) is 78.3 Å². The van der Waals surface area contributed by atoms with Gasteiger partial charge in [0.25, 0.3) is 0 Å². The van der Waals surface area contributed by atoms with Gasteiger partial charge in [-0.2, -0.15) is 0 Å². The summed E-state index contributed by atoms with van der Waals surface area (Å²) in [5, 5.41) is 0. The monoisotopic (exact) mass is 338 g/mol. The first kappa shape index (κ1) is 19.7. The Labute approximate surface area is 124 Å². The minimum atomic E-state index is -2.51. The maximum atomic E-state index is 6.52. The zero-order chi connectivity index (χ0) is 15.5. The van der Waals surface area contributed by atoms with E-state index in [-0.39, 0.29) is 0 Å². The number of hydrogen-bond donors (Lipinski definition) is 0. The second kappa shape index (κ2) is 6.67. The summed E-state index contributed by atoms with van der Waals surface area (Å²) >= 11 is 0. The molecule has 0 saturated carbocycles. The van der Waals surface area contributed by atoms with Crippen LogP contribution in [0, 0.1) is 0 Å². The molecule has 0 aliphatic heterocycles. The molecular weight excluding hydrogens is 304 g/mol. The van der Waals surface area contributed by atoms with Gasteiger partial charge in [0.05, 0.1) is 0 Å². The lowest BCUT2D eigenvalue weighted by Gasteiger charge is -2.41. The van der Waals surface area contributed by atoms with Crippen molar-refractivity contribution in [2.24, 2.45) is 0 Å². The summed E-state index contributed by atoms with van der Waals surface area (Å²) in [4.78, 5) is 0. The van der Waals surface area contributed by atoms with Gasteiger partial charge >= 0.3 is 8.80 Å². The predicted octanol–water partition coefficient (Wildman–Crippen LogP) is 4.89. The molecule has 0 spiro atoms. The number of rotatable bonds is 8. The van der Waals surface area contributed by atoms with Gasteiger partial charge in [0.2, 0.25) is 0 Å². The van der Waals surface area contributed by atoms with Gasteiger partial charge in [0.15, 0.2) is 25.0 Å². The van der Waals surface area contributed by atoms with E-state index >= 15 is 0 Å². The van der Waals surface area contributed by atoms with Crippen LogP contribution < -0.4 is 0 Å². The van der Waals surface area contributed by atoms with E-state index in [9.17, 15) is 0 Å². The van der Waals surface area contributed by atoms with Crippen LogP contribution in [0.3, 0.4) is 0 Å². The molecular formula is C12H34O3Si4. The van der Waals surface area contributed by atoms with Gasteiger partial charge in [0, 0.05) is 6.55 Å². The molecule has 0 atom stereocenters. The van der Waals surface area contributed by atoms with Gasteiger partial charge in [-0.25, -0.2) is 0 Å². The normalized spacial score (nSPS) is 14.8. The van der Waals surface area contributed by atoms with Crippen molar-refractivity contribution in [2.75, 3.05) is 0 Å². The van der Waals surface area contributed by atoms with E-state index in [2.05, 4.69) is 65.8 Å². The first-order valence-corrected chi connectivity index (χ1v) is 19.4. The third kappa shape index (κ3) is 10.2. The quantitative estimate of drug-likeness (QED) is 0.590. The molecule has 0 fully saturated rings. The van der Waals surface area contributed by atoms with Crippen LogP contribution >= 0.6 is 0 Å². The molecule has 7 heteroatoms. The molecule has 0 aromatic heterocycles. The summed E-state index contributed by atoms with van der Waals surface area (Å²) in [5.74, 6) is 0. The summed E-state index contributed by atoms with van der Waals surface area (Å²) in [6.07, 6.45) is 1.17. The van der Waals surface area contributed by atoms with Gasteiger partial charge in [0.1, 0.15) is 0 Å². The van der Waals surface area contributed by atoms with E-state index in [0.29, 0.717) is 0 Å². The zero-order valence-electron chi connectivity index (χ0n) is 14.6. The van der Waals surface area contributed by atoms with E-state index in [4.69, 9.17) is 12.3 Å². The number of hydrogen-bond acceptors (Lipinski definition) is 3. The van der Waals surface area contributed by atoms with Crippen LogP contribution in [0.15, 0.2) is 0 Å². The first-order chi connectivity index (χ1) is 8.18. The molecule has 0 amide bonds. The van der Waals surface area contributed by atoms with Crippen molar-refractivity contribution in [3.05, 3.63) is 0 Å². The third-order valence-corrected chi connectivity index (χ3v) is 15.6. The van der Waals surface area contributed by atoms with Crippen LogP contribution in [0.5, 0.6) is 0 Å². The highest BCUT2D eigenvalue weighted by Crippen LogP contribution is 2.27. The largest absolute Gasteiger partial charge is 0.466 e. The van der Waals surface area contributed by atoms with Crippen LogP contribution in [0.4, 0.5) is 0 Å². The molecule has 116 valence electrons. The standard InChI is InChI=1S/C12H34O3Si4/c1-11-12-18(8,9)15-19(10,13-16(2,3)4)14-17(5,6)7/h11-12H2,1-10H3. The molecule has 0 heterocycles. The third-order valence-electron chi connectivity index (χ3n) is 2.30.